The number of nitrogens with one attached hydrogen (secondary N) is 1. The zero-order valence-corrected chi connectivity index (χ0v) is 16.4. The minimum atomic E-state index is 0.505. The Kier molecular flexibility index (Phi) is 4.73. The maximum absolute atomic E-state index is 4.69. The SMILES string of the molecule is Cc1nc(CN2CCC(c3cc(-c4cccnc4)n[nH]3)CC2)nc2ncccc12. The molecule has 29 heavy (non-hydrogen) atoms. The standard InChI is InChI=1S/C22H23N7/c1-15-18-5-3-9-24-22(18)26-21(25-15)14-29-10-6-16(7-11-29)19-12-20(28-27-19)17-4-2-8-23-13-17/h2-5,8-9,12-13,16H,6-7,10-11,14H2,1H3,(H,27,28). The van der Waals surface area contributed by atoms with Gasteiger partial charge in [0.15, 0.2) is 5.65 Å². The summed E-state index contributed by atoms with van der Waals surface area (Å²) in [6.07, 6.45) is 7.61. The predicted octanol–water partition coefficient (Wildman–Crippen LogP) is 3.50. The van der Waals surface area contributed by atoms with Crippen LogP contribution in [-0.4, -0.2) is 48.1 Å². The van der Waals surface area contributed by atoms with Crippen LogP contribution >= 0.6 is 0 Å². The van der Waals surface area contributed by atoms with Gasteiger partial charge >= 0.3 is 0 Å². The van der Waals surface area contributed by atoms with E-state index in [0.717, 1.165) is 66.3 Å². The summed E-state index contributed by atoms with van der Waals surface area (Å²) in [5.41, 5.74) is 5.00. The number of hydrogen-bond donors (Lipinski definition) is 1. The predicted molar refractivity (Wildman–Crippen MR) is 111 cm³/mol. The van der Waals surface area contributed by atoms with E-state index in [4.69, 9.17) is 4.98 Å². The lowest BCUT2D eigenvalue weighted by Gasteiger charge is -2.30. The van der Waals surface area contributed by atoms with Crippen molar-refractivity contribution >= 4 is 11.0 Å². The van der Waals surface area contributed by atoms with Crippen LogP contribution in [0.1, 0.15) is 36.0 Å². The monoisotopic (exact) mass is 385 g/mol. The first-order valence-electron chi connectivity index (χ1n) is 10.0. The van der Waals surface area contributed by atoms with Gasteiger partial charge in [0.05, 0.1) is 17.9 Å². The summed E-state index contributed by atoms with van der Waals surface area (Å²) < 4.78 is 0. The highest BCUT2D eigenvalue weighted by Crippen LogP contribution is 2.29. The first-order valence-corrected chi connectivity index (χ1v) is 10.0. The van der Waals surface area contributed by atoms with Crippen LogP contribution in [0.25, 0.3) is 22.3 Å². The molecule has 0 aromatic carbocycles. The Balaban J connectivity index is 1.24. The van der Waals surface area contributed by atoms with E-state index in [1.165, 1.54) is 5.69 Å². The van der Waals surface area contributed by atoms with E-state index in [-0.39, 0.29) is 0 Å². The molecule has 0 atom stereocenters. The van der Waals surface area contributed by atoms with Gasteiger partial charge in [-0.15, -0.1) is 0 Å². The lowest BCUT2D eigenvalue weighted by molar-refractivity contribution is 0.199. The minimum absolute atomic E-state index is 0.505. The molecule has 7 heteroatoms. The average molecular weight is 385 g/mol. The second-order valence-electron chi connectivity index (χ2n) is 7.60. The Labute approximate surface area is 169 Å². The van der Waals surface area contributed by atoms with Crippen molar-refractivity contribution in [3.05, 3.63) is 66.1 Å². The van der Waals surface area contributed by atoms with E-state index in [1.54, 1.807) is 12.4 Å². The largest absolute Gasteiger partial charge is 0.296 e. The molecule has 146 valence electrons. The average Bonchev–Trinajstić information content (AvgIpc) is 3.25. The molecule has 1 fully saturated rings. The summed E-state index contributed by atoms with van der Waals surface area (Å²) in [7, 11) is 0. The van der Waals surface area contributed by atoms with Crippen molar-refractivity contribution in [3.63, 3.8) is 0 Å². The molecule has 0 radical (unpaired) electrons. The minimum Gasteiger partial charge on any atom is -0.296 e. The van der Waals surface area contributed by atoms with Crippen LogP contribution in [0, 0.1) is 6.92 Å². The summed E-state index contributed by atoms with van der Waals surface area (Å²) in [6.45, 7) is 4.84. The van der Waals surface area contributed by atoms with Gasteiger partial charge < -0.3 is 0 Å². The highest BCUT2D eigenvalue weighted by Gasteiger charge is 2.23. The van der Waals surface area contributed by atoms with E-state index in [2.05, 4.69) is 36.1 Å². The molecule has 4 aromatic heterocycles. The number of H-pyrrole nitrogens is 1. The third kappa shape index (κ3) is 3.73. The third-order valence-corrected chi connectivity index (χ3v) is 5.66. The molecule has 7 nitrogen and oxygen atoms in total. The molecule has 4 aromatic rings. The number of likely N-dealkylation sites (tertiary alicyclic amines) is 1. The zero-order valence-electron chi connectivity index (χ0n) is 16.4. The topological polar surface area (TPSA) is 83.5 Å². The van der Waals surface area contributed by atoms with Crippen LogP contribution in [-0.2, 0) is 6.54 Å². The van der Waals surface area contributed by atoms with Crippen molar-refractivity contribution in [2.45, 2.75) is 32.2 Å². The molecule has 1 saturated heterocycles. The van der Waals surface area contributed by atoms with Crippen molar-refractivity contribution in [1.29, 1.82) is 0 Å². The van der Waals surface area contributed by atoms with Gasteiger partial charge in [-0.25, -0.2) is 15.0 Å². The third-order valence-electron chi connectivity index (χ3n) is 5.66. The van der Waals surface area contributed by atoms with Gasteiger partial charge in [0.25, 0.3) is 0 Å². The summed E-state index contributed by atoms with van der Waals surface area (Å²) in [5.74, 6) is 1.36. The van der Waals surface area contributed by atoms with Gasteiger partial charge in [0.2, 0.25) is 0 Å². The lowest BCUT2D eigenvalue weighted by Crippen LogP contribution is -2.33. The molecule has 0 unspecified atom stereocenters. The fourth-order valence-corrected chi connectivity index (χ4v) is 4.05. The Morgan fingerprint density at radius 1 is 1.10 bits per heavy atom. The molecule has 0 bridgehead atoms. The number of pyridine rings is 2. The second-order valence-corrected chi connectivity index (χ2v) is 7.60. The lowest BCUT2D eigenvalue weighted by atomic mass is 9.93. The van der Waals surface area contributed by atoms with Gasteiger partial charge in [-0.3, -0.25) is 15.0 Å². The molecule has 0 spiro atoms. The van der Waals surface area contributed by atoms with Crippen molar-refractivity contribution in [2.75, 3.05) is 13.1 Å². The van der Waals surface area contributed by atoms with Crippen LogP contribution in [0.4, 0.5) is 0 Å². The van der Waals surface area contributed by atoms with Crippen molar-refractivity contribution < 1.29 is 0 Å². The highest BCUT2D eigenvalue weighted by molar-refractivity contribution is 5.76. The quantitative estimate of drug-likeness (QED) is 0.579. The van der Waals surface area contributed by atoms with Crippen LogP contribution in [0.15, 0.2) is 48.9 Å². The van der Waals surface area contributed by atoms with Crippen molar-refractivity contribution in [3.8, 4) is 11.3 Å². The van der Waals surface area contributed by atoms with E-state index in [9.17, 15) is 0 Å². The second kappa shape index (κ2) is 7.67. The molecular formula is C22H23N7. The molecule has 5 heterocycles. The molecule has 5 rings (SSSR count). The van der Waals surface area contributed by atoms with Gasteiger partial charge in [-0.2, -0.15) is 5.10 Å². The number of aromatic amines is 1. The number of aryl methyl sites for hydroxylation is 1. The van der Waals surface area contributed by atoms with Crippen LogP contribution in [0.2, 0.25) is 0 Å². The van der Waals surface area contributed by atoms with Crippen LogP contribution < -0.4 is 0 Å². The summed E-state index contributed by atoms with van der Waals surface area (Å²) in [4.78, 5) is 20.4. The smallest absolute Gasteiger partial charge is 0.163 e. The molecule has 1 N–H and O–H groups in total. The zero-order chi connectivity index (χ0) is 19.6. The fourth-order valence-electron chi connectivity index (χ4n) is 4.05. The maximum Gasteiger partial charge on any atom is 0.163 e. The molecule has 0 amide bonds. The Bertz CT molecular complexity index is 1110. The van der Waals surface area contributed by atoms with Crippen molar-refractivity contribution in [2.24, 2.45) is 0 Å². The van der Waals surface area contributed by atoms with Gasteiger partial charge in [-0.1, -0.05) is 0 Å². The molecule has 0 aliphatic carbocycles. The Hall–Kier alpha value is -3.19. The van der Waals surface area contributed by atoms with E-state index >= 15 is 0 Å². The van der Waals surface area contributed by atoms with E-state index < -0.39 is 0 Å². The number of nitrogens with zero attached hydrogens (tertiary/aromatic N) is 6. The fraction of sp³-hybridized carbons (Fsp3) is 0.318. The molecule has 1 aliphatic heterocycles. The molecule has 0 saturated carbocycles. The number of aromatic nitrogens is 6. The van der Waals surface area contributed by atoms with Crippen LogP contribution in [0.3, 0.4) is 0 Å². The Morgan fingerprint density at radius 3 is 2.79 bits per heavy atom. The van der Waals surface area contributed by atoms with Crippen LogP contribution in [0.5, 0.6) is 0 Å². The Morgan fingerprint density at radius 2 is 1.97 bits per heavy atom. The molecular weight excluding hydrogens is 362 g/mol. The normalized spacial score (nSPS) is 15.8. The summed E-state index contributed by atoms with van der Waals surface area (Å²) >= 11 is 0. The first kappa shape index (κ1) is 17.9. The molecule has 1 aliphatic rings. The van der Waals surface area contributed by atoms with Crippen molar-refractivity contribution in [1.82, 2.24) is 35.0 Å². The summed E-state index contributed by atoms with van der Waals surface area (Å²) in [6, 6.07) is 10.1. The number of hydrogen-bond acceptors (Lipinski definition) is 6. The van der Waals surface area contributed by atoms with Gasteiger partial charge in [0.1, 0.15) is 5.82 Å². The number of rotatable bonds is 4. The van der Waals surface area contributed by atoms with E-state index in [1.807, 2.05) is 37.4 Å². The number of piperidine rings is 1. The summed E-state index contributed by atoms with van der Waals surface area (Å²) in [5, 5.41) is 8.74. The van der Waals surface area contributed by atoms with Gasteiger partial charge in [0, 0.05) is 41.2 Å². The maximum atomic E-state index is 4.69. The van der Waals surface area contributed by atoms with Gasteiger partial charge in [-0.05, 0) is 63.2 Å². The first-order chi connectivity index (χ1) is 14.3. The highest BCUT2D eigenvalue weighted by atomic mass is 15.2. The van der Waals surface area contributed by atoms with E-state index in [0.29, 0.717) is 5.92 Å². The number of fused-ring (bicyclic) bond motifs is 1.